The van der Waals surface area contributed by atoms with Crippen LogP contribution in [0, 0.1) is 23.1 Å². The van der Waals surface area contributed by atoms with Gasteiger partial charge in [-0.25, -0.2) is 12.8 Å². The predicted octanol–water partition coefficient (Wildman–Crippen LogP) is 1.76. The molecule has 0 saturated heterocycles. The molecule has 0 spiro atoms. The molecule has 0 aliphatic heterocycles. The second kappa shape index (κ2) is 4.41. The van der Waals surface area contributed by atoms with Crippen molar-refractivity contribution in [3.63, 3.8) is 0 Å². The molecule has 1 atom stereocenters. The Morgan fingerprint density at radius 2 is 2.07 bits per heavy atom. The van der Waals surface area contributed by atoms with E-state index < -0.39 is 21.6 Å². The minimum absolute atomic E-state index is 0.341. The highest BCUT2D eigenvalue weighted by Crippen LogP contribution is 2.17. The lowest BCUT2D eigenvalue weighted by molar-refractivity contribution is 0.562. The predicted molar refractivity (Wildman–Crippen MR) is 53.2 cm³/mol. The van der Waals surface area contributed by atoms with Gasteiger partial charge >= 0.3 is 0 Å². The number of nitriles is 1. The van der Waals surface area contributed by atoms with E-state index in [4.69, 9.17) is 5.26 Å². The highest BCUT2D eigenvalue weighted by atomic mass is 32.2. The van der Waals surface area contributed by atoms with Gasteiger partial charge in [0.2, 0.25) is 0 Å². The second-order valence-corrected chi connectivity index (χ2v) is 5.24. The molecular formula is C10H10FNO2S. The van der Waals surface area contributed by atoms with Crippen LogP contribution in [-0.4, -0.2) is 14.2 Å². The average Bonchev–Trinajstić information content (AvgIpc) is 2.17. The standard InChI is InChI=1S/C10H10FNO2S/c1-8(6-12)7-15(13,14)10-5-3-2-4-9(10)11/h2-5,8H,7H2,1H3. The van der Waals surface area contributed by atoms with E-state index in [1.54, 1.807) is 0 Å². The van der Waals surface area contributed by atoms with Crippen LogP contribution in [0.3, 0.4) is 0 Å². The summed E-state index contributed by atoms with van der Waals surface area (Å²) < 4.78 is 36.4. The van der Waals surface area contributed by atoms with E-state index in [1.165, 1.54) is 25.1 Å². The van der Waals surface area contributed by atoms with Crippen molar-refractivity contribution >= 4 is 9.84 Å². The topological polar surface area (TPSA) is 57.9 Å². The minimum Gasteiger partial charge on any atom is -0.224 e. The van der Waals surface area contributed by atoms with Gasteiger partial charge in [0, 0.05) is 0 Å². The van der Waals surface area contributed by atoms with Crippen LogP contribution in [0.4, 0.5) is 4.39 Å². The summed E-state index contributed by atoms with van der Waals surface area (Å²) in [4.78, 5) is -0.341. The number of benzene rings is 1. The Labute approximate surface area is 88.1 Å². The van der Waals surface area contributed by atoms with Gasteiger partial charge in [-0.1, -0.05) is 12.1 Å². The monoisotopic (exact) mass is 227 g/mol. The third kappa shape index (κ3) is 2.77. The molecule has 80 valence electrons. The van der Waals surface area contributed by atoms with Crippen molar-refractivity contribution in [2.45, 2.75) is 11.8 Å². The molecule has 0 N–H and O–H groups in total. The Morgan fingerprint density at radius 3 is 2.60 bits per heavy atom. The average molecular weight is 227 g/mol. The van der Waals surface area contributed by atoms with Gasteiger partial charge in [-0.3, -0.25) is 0 Å². The Kier molecular flexibility index (Phi) is 3.43. The fourth-order valence-corrected chi connectivity index (χ4v) is 2.72. The molecule has 1 rings (SSSR count). The quantitative estimate of drug-likeness (QED) is 0.790. The fourth-order valence-electron chi connectivity index (χ4n) is 1.15. The van der Waals surface area contributed by atoms with Crippen molar-refractivity contribution in [2.24, 2.45) is 5.92 Å². The van der Waals surface area contributed by atoms with Crippen molar-refractivity contribution in [1.29, 1.82) is 5.26 Å². The Morgan fingerprint density at radius 1 is 1.47 bits per heavy atom. The van der Waals surface area contributed by atoms with Crippen molar-refractivity contribution in [1.82, 2.24) is 0 Å². The number of nitrogens with zero attached hydrogens (tertiary/aromatic N) is 1. The Bertz CT molecular complexity index is 490. The van der Waals surface area contributed by atoms with Gasteiger partial charge in [-0.15, -0.1) is 0 Å². The lowest BCUT2D eigenvalue weighted by Gasteiger charge is -2.05. The SMILES string of the molecule is CC(C#N)CS(=O)(=O)c1ccccc1F. The molecule has 0 heterocycles. The van der Waals surface area contributed by atoms with E-state index in [0.29, 0.717) is 0 Å². The normalized spacial score (nSPS) is 13.1. The summed E-state index contributed by atoms with van der Waals surface area (Å²) in [6.45, 7) is 1.48. The van der Waals surface area contributed by atoms with Gasteiger partial charge in [0.1, 0.15) is 10.7 Å². The van der Waals surface area contributed by atoms with E-state index in [2.05, 4.69) is 0 Å². The fraction of sp³-hybridized carbons (Fsp3) is 0.300. The van der Waals surface area contributed by atoms with Crippen LogP contribution in [0.15, 0.2) is 29.2 Å². The zero-order valence-electron chi connectivity index (χ0n) is 8.14. The first-order valence-electron chi connectivity index (χ1n) is 4.34. The Hall–Kier alpha value is -1.41. The molecule has 0 aliphatic rings. The third-order valence-electron chi connectivity index (χ3n) is 1.86. The molecule has 1 aromatic rings. The summed E-state index contributed by atoms with van der Waals surface area (Å²) in [6, 6.07) is 6.97. The molecule has 5 heteroatoms. The zero-order valence-corrected chi connectivity index (χ0v) is 8.96. The minimum atomic E-state index is -3.70. The van der Waals surface area contributed by atoms with Crippen molar-refractivity contribution in [2.75, 3.05) is 5.75 Å². The van der Waals surface area contributed by atoms with E-state index in [-0.39, 0.29) is 10.6 Å². The molecule has 1 unspecified atom stereocenters. The summed E-state index contributed by atoms with van der Waals surface area (Å²) >= 11 is 0. The first kappa shape index (κ1) is 11.7. The van der Waals surface area contributed by atoms with Crippen molar-refractivity contribution in [3.8, 4) is 6.07 Å². The number of rotatable bonds is 3. The lowest BCUT2D eigenvalue weighted by atomic mass is 10.3. The Balaban J connectivity index is 3.09. The van der Waals surface area contributed by atoms with E-state index in [9.17, 15) is 12.8 Å². The van der Waals surface area contributed by atoms with Crippen LogP contribution in [-0.2, 0) is 9.84 Å². The number of hydrogen-bond donors (Lipinski definition) is 0. The third-order valence-corrected chi connectivity index (χ3v) is 3.80. The summed E-state index contributed by atoms with van der Waals surface area (Å²) in [5, 5.41) is 8.51. The van der Waals surface area contributed by atoms with E-state index in [0.717, 1.165) is 6.07 Å². The molecule has 0 aliphatic carbocycles. The molecule has 3 nitrogen and oxygen atoms in total. The van der Waals surface area contributed by atoms with Crippen LogP contribution >= 0.6 is 0 Å². The first-order valence-corrected chi connectivity index (χ1v) is 5.99. The maximum absolute atomic E-state index is 13.2. The van der Waals surface area contributed by atoms with Crippen LogP contribution in [0.25, 0.3) is 0 Å². The summed E-state index contributed by atoms with van der Waals surface area (Å²) in [7, 11) is -3.70. The number of hydrogen-bond acceptors (Lipinski definition) is 3. The van der Waals surface area contributed by atoms with E-state index in [1.807, 2.05) is 6.07 Å². The smallest absolute Gasteiger partial charge is 0.182 e. The largest absolute Gasteiger partial charge is 0.224 e. The summed E-state index contributed by atoms with van der Waals surface area (Å²) in [5.41, 5.74) is 0. The molecule has 1 aromatic carbocycles. The van der Waals surface area contributed by atoms with E-state index >= 15 is 0 Å². The van der Waals surface area contributed by atoms with Gasteiger partial charge in [-0.2, -0.15) is 5.26 Å². The lowest BCUT2D eigenvalue weighted by Crippen LogP contribution is -2.14. The van der Waals surface area contributed by atoms with Gasteiger partial charge in [0.25, 0.3) is 0 Å². The van der Waals surface area contributed by atoms with Crippen LogP contribution < -0.4 is 0 Å². The summed E-state index contributed by atoms with van der Waals surface area (Å²) in [6.07, 6.45) is 0. The molecule has 0 radical (unpaired) electrons. The maximum Gasteiger partial charge on any atom is 0.182 e. The molecular weight excluding hydrogens is 217 g/mol. The van der Waals surface area contributed by atoms with Gasteiger partial charge in [0.15, 0.2) is 9.84 Å². The zero-order chi connectivity index (χ0) is 11.5. The van der Waals surface area contributed by atoms with Crippen LogP contribution in [0.2, 0.25) is 0 Å². The molecule has 0 bridgehead atoms. The maximum atomic E-state index is 13.2. The molecule has 0 saturated carbocycles. The summed E-state index contributed by atoms with van der Waals surface area (Å²) in [5.74, 6) is -1.78. The van der Waals surface area contributed by atoms with Crippen molar-refractivity contribution in [3.05, 3.63) is 30.1 Å². The van der Waals surface area contributed by atoms with Crippen LogP contribution in [0.5, 0.6) is 0 Å². The van der Waals surface area contributed by atoms with Gasteiger partial charge in [0.05, 0.1) is 17.7 Å². The number of sulfone groups is 1. The highest BCUT2D eigenvalue weighted by Gasteiger charge is 2.21. The molecule has 0 amide bonds. The van der Waals surface area contributed by atoms with Crippen molar-refractivity contribution < 1.29 is 12.8 Å². The molecule has 0 fully saturated rings. The van der Waals surface area contributed by atoms with Gasteiger partial charge < -0.3 is 0 Å². The van der Waals surface area contributed by atoms with Gasteiger partial charge in [-0.05, 0) is 19.1 Å². The number of halogens is 1. The molecule has 0 aromatic heterocycles. The highest BCUT2D eigenvalue weighted by molar-refractivity contribution is 7.91. The second-order valence-electron chi connectivity index (χ2n) is 3.24. The molecule has 15 heavy (non-hydrogen) atoms. The first-order chi connectivity index (χ1) is 6.97. The van der Waals surface area contributed by atoms with Crippen LogP contribution in [0.1, 0.15) is 6.92 Å².